The Morgan fingerprint density at radius 2 is 2.47 bits per heavy atom. The van der Waals surface area contributed by atoms with Crippen LogP contribution in [0.2, 0.25) is 0 Å². The van der Waals surface area contributed by atoms with E-state index in [-0.39, 0.29) is 6.04 Å². The Bertz CT molecular complexity index is 391. The molecule has 0 aromatic carbocycles. The first-order valence-electron chi connectivity index (χ1n) is 5.01. The van der Waals surface area contributed by atoms with Gasteiger partial charge in [0.15, 0.2) is 0 Å². The van der Waals surface area contributed by atoms with Gasteiger partial charge in [0.1, 0.15) is 11.9 Å². The van der Waals surface area contributed by atoms with Crippen molar-refractivity contribution in [3.63, 3.8) is 0 Å². The Kier molecular flexibility index (Phi) is 2.84. The fourth-order valence-corrected chi connectivity index (χ4v) is 1.60. The van der Waals surface area contributed by atoms with Crippen molar-refractivity contribution in [1.82, 2.24) is 4.98 Å². The molecule has 15 heavy (non-hydrogen) atoms. The van der Waals surface area contributed by atoms with Crippen molar-refractivity contribution in [2.24, 2.45) is 0 Å². The molecule has 1 unspecified atom stereocenters. The normalized spacial score (nSPS) is 19.9. The maximum atomic E-state index is 8.92. The van der Waals surface area contributed by atoms with Gasteiger partial charge in [-0.05, 0) is 25.5 Å². The zero-order chi connectivity index (χ0) is 10.7. The van der Waals surface area contributed by atoms with E-state index in [1.165, 1.54) is 0 Å². The van der Waals surface area contributed by atoms with Crippen LogP contribution in [0.4, 0.5) is 5.82 Å². The topological polar surface area (TPSA) is 57.9 Å². The number of anilines is 1. The molecular formula is C11H13N3O. The van der Waals surface area contributed by atoms with Crippen molar-refractivity contribution in [3.8, 4) is 6.07 Å². The van der Waals surface area contributed by atoms with Crippen LogP contribution in [-0.2, 0) is 4.74 Å². The largest absolute Gasteiger partial charge is 0.379 e. The second kappa shape index (κ2) is 4.28. The van der Waals surface area contributed by atoms with Crippen molar-refractivity contribution in [1.29, 1.82) is 5.26 Å². The lowest BCUT2D eigenvalue weighted by molar-refractivity contribution is 0.195. The van der Waals surface area contributed by atoms with Gasteiger partial charge in [-0.1, -0.05) is 0 Å². The van der Waals surface area contributed by atoms with Gasteiger partial charge in [0, 0.05) is 12.3 Å². The summed E-state index contributed by atoms with van der Waals surface area (Å²) in [4.78, 5) is 4.32. The highest BCUT2D eigenvalue weighted by atomic mass is 16.5. The zero-order valence-electron chi connectivity index (χ0n) is 8.66. The van der Waals surface area contributed by atoms with Gasteiger partial charge in [-0.3, -0.25) is 0 Å². The summed E-state index contributed by atoms with van der Waals surface area (Å²) in [5, 5.41) is 12.2. The summed E-state index contributed by atoms with van der Waals surface area (Å²) in [5.41, 5.74) is 1.50. The molecule has 1 saturated heterocycles. The average molecular weight is 203 g/mol. The molecule has 0 spiro atoms. The molecule has 2 rings (SSSR count). The summed E-state index contributed by atoms with van der Waals surface area (Å²) in [6.07, 6.45) is 0.973. The zero-order valence-corrected chi connectivity index (χ0v) is 8.66. The van der Waals surface area contributed by atoms with Crippen molar-refractivity contribution in [2.75, 3.05) is 18.5 Å². The number of hydrogen-bond acceptors (Lipinski definition) is 4. The summed E-state index contributed by atoms with van der Waals surface area (Å²) in [6, 6.07) is 6.05. The number of pyridine rings is 1. The van der Waals surface area contributed by atoms with E-state index >= 15 is 0 Å². The van der Waals surface area contributed by atoms with Gasteiger partial charge in [0.05, 0.1) is 18.2 Å². The second-order valence-electron chi connectivity index (χ2n) is 3.67. The van der Waals surface area contributed by atoms with Gasteiger partial charge in [0.25, 0.3) is 0 Å². The summed E-state index contributed by atoms with van der Waals surface area (Å²) in [6.45, 7) is 3.39. The molecule has 1 aliphatic heterocycles. The molecule has 0 saturated carbocycles. The predicted octanol–water partition coefficient (Wildman–Crippen LogP) is 1.46. The molecule has 1 aromatic heterocycles. The molecule has 1 N–H and O–H groups in total. The third-order valence-corrected chi connectivity index (χ3v) is 2.43. The van der Waals surface area contributed by atoms with Crippen LogP contribution < -0.4 is 5.32 Å². The minimum absolute atomic E-state index is 0.284. The molecule has 0 radical (unpaired) electrons. The average Bonchev–Trinajstić information content (AvgIpc) is 2.71. The fourth-order valence-electron chi connectivity index (χ4n) is 1.60. The van der Waals surface area contributed by atoms with Crippen molar-refractivity contribution in [3.05, 3.63) is 23.4 Å². The Labute approximate surface area is 88.9 Å². The van der Waals surface area contributed by atoms with Crippen LogP contribution in [0.3, 0.4) is 0 Å². The van der Waals surface area contributed by atoms with Crippen molar-refractivity contribution >= 4 is 5.82 Å². The van der Waals surface area contributed by atoms with Gasteiger partial charge in [-0.25, -0.2) is 4.98 Å². The Hall–Kier alpha value is -1.60. The standard InChI is InChI=1S/C11H13N3O/c1-8-2-3-9(6-12)11(13-8)14-10-4-5-15-7-10/h2-3,10H,4-5,7H2,1H3,(H,13,14). The first kappa shape index (κ1) is 9.94. The Balaban J connectivity index is 2.18. The van der Waals surface area contributed by atoms with Crippen molar-refractivity contribution < 1.29 is 4.74 Å². The highest BCUT2D eigenvalue weighted by molar-refractivity contribution is 5.52. The van der Waals surface area contributed by atoms with Crippen LogP contribution in [0, 0.1) is 18.3 Å². The molecule has 78 valence electrons. The van der Waals surface area contributed by atoms with Crippen LogP contribution in [0.1, 0.15) is 17.7 Å². The van der Waals surface area contributed by atoms with E-state index in [1.807, 2.05) is 13.0 Å². The van der Waals surface area contributed by atoms with Crippen LogP contribution in [0.25, 0.3) is 0 Å². The maximum absolute atomic E-state index is 8.92. The molecular weight excluding hydrogens is 190 g/mol. The highest BCUT2D eigenvalue weighted by Crippen LogP contribution is 2.16. The predicted molar refractivity (Wildman–Crippen MR) is 56.5 cm³/mol. The lowest BCUT2D eigenvalue weighted by Gasteiger charge is -2.12. The van der Waals surface area contributed by atoms with E-state index in [2.05, 4.69) is 16.4 Å². The fraction of sp³-hybridized carbons (Fsp3) is 0.455. The van der Waals surface area contributed by atoms with Crippen LogP contribution in [-0.4, -0.2) is 24.2 Å². The number of aromatic nitrogens is 1. The summed E-state index contributed by atoms with van der Waals surface area (Å²) in [5.74, 6) is 0.674. The highest BCUT2D eigenvalue weighted by Gasteiger charge is 2.17. The lowest BCUT2D eigenvalue weighted by Crippen LogP contribution is -2.20. The minimum atomic E-state index is 0.284. The number of rotatable bonds is 2. The molecule has 4 nitrogen and oxygen atoms in total. The maximum Gasteiger partial charge on any atom is 0.144 e. The first-order chi connectivity index (χ1) is 7.29. The number of ether oxygens (including phenoxy) is 1. The number of nitriles is 1. The quantitative estimate of drug-likeness (QED) is 0.790. The SMILES string of the molecule is Cc1ccc(C#N)c(NC2CCOC2)n1. The van der Waals surface area contributed by atoms with Gasteiger partial charge >= 0.3 is 0 Å². The van der Waals surface area contributed by atoms with Crippen LogP contribution >= 0.6 is 0 Å². The van der Waals surface area contributed by atoms with E-state index in [4.69, 9.17) is 10.00 Å². The smallest absolute Gasteiger partial charge is 0.144 e. The first-order valence-corrected chi connectivity index (χ1v) is 5.01. The molecule has 0 aliphatic carbocycles. The molecule has 0 amide bonds. The molecule has 1 atom stereocenters. The molecule has 4 heteroatoms. The van der Waals surface area contributed by atoms with E-state index in [0.29, 0.717) is 18.0 Å². The number of nitrogens with one attached hydrogen (secondary N) is 1. The lowest BCUT2D eigenvalue weighted by atomic mass is 10.2. The van der Waals surface area contributed by atoms with E-state index in [9.17, 15) is 0 Å². The molecule has 1 fully saturated rings. The monoisotopic (exact) mass is 203 g/mol. The number of aryl methyl sites for hydroxylation is 1. The van der Waals surface area contributed by atoms with E-state index in [0.717, 1.165) is 18.7 Å². The van der Waals surface area contributed by atoms with Gasteiger partial charge in [-0.2, -0.15) is 5.26 Å². The number of hydrogen-bond donors (Lipinski definition) is 1. The van der Waals surface area contributed by atoms with Crippen LogP contribution in [0.5, 0.6) is 0 Å². The molecule has 1 aromatic rings. The van der Waals surface area contributed by atoms with Crippen molar-refractivity contribution in [2.45, 2.75) is 19.4 Å². The van der Waals surface area contributed by atoms with Gasteiger partial charge in [0.2, 0.25) is 0 Å². The summed E-state index contributed by atoms with van der Waals surface area (Å²) < 4.78 is 5.26. The second-order valence-corrected chi connectivity index (χ2v) is 3.67. The van der Waals surface area contributed by atoms with Gasteiger partial charge < -0.3 is 10.1 Å². The van der Waals surface area contributed by atoms with E-state index in [1.54, 1.807) is 6.07 Å². The summed E-state index contributed by atoms with van der Waals surface area (Å²) >= 11 is 0. The van der Waals surface area contributed by atoms with Gasteiger partial charge in [-0.15, -0.1) is 0 Å². The third-order valence-electron chi connectivity index (χ3n) is 2.43. The molecule has 2 heterocycles. The molecule has 0 bridgehead atoms. The van der Waals surface area contributed by atoms with Crippen LogP contribution in [0.15, 0.2) is 12.1 Å². The number of nitrogens with zero attached hydrogens (tertiary/aromatic N) is 2. The van der Waals surface area contributed by atoms with E-state index < -0.39 is 0 Å². The Morgan fingerprint density at radius 3 is 3.13 bits per heavy atom. The molecule has 1 aliphatic rings. The Morgan fingerprint density at radius 1 is 1.60 bits per heavy atom. The third kappa shape index (κ3) is 2.25. The summed E-state index contributed by atoms with van der Waals surface area (Å²) in [7, 11) is 0. The minimum Gasteiger partial charge on any atom is -0.379 e.